The molecule has 0 bridgehead atoms. The van der Waals surface area contributed by atoms with Crippen molar-refractivity contribution in [2.75, 3.05) is 6.61 Å². The number of benzene rings is 2. The van der Waals surface area contributed by atoms with Crippen molar-refractivity contribution in [2.24, 2.45) is 0 Å². The molecule has 0 fully saturated rings. The van der Waals surface area contributed by atoms with Crippen LogP contribution in [0.3, 0.4) is 0 Å². The van der Waals surface area contributed by atoms with Gasteiger partial charge >= 0.3 is 0 Å². The van der Waals surface area contributed by atoms with E-state index in [2.05, 4.69) is 26.8 Å². The quantitative estimate of drug-likeness (QED) is 0.674. The number of amides is 2. The highest BCUT2D eigenvalue weighted by atomic mass is 79.9. The fourth-order valence-electron chi connectivity index (χ4n) is 2.15. The smallest absolute Gasteiger partial charge is 0.279 e. The van der Waals surface area contributed by atoms with E-state index in [1.54, 1.807) is 31.2 Å². The zero-order valence-electron chi connectivity index (χ0n) is 14.6. The Labute approximate surface area is 161 Å². The molecular weight excluding hydrogens is 400 g/mol. The fourth-order valence-corrected chi connectivity index (χ4v) is 2.53. The molecule has 0 aliphatic rings. The molecule has 26 heavy (non-hydrogen) atoms. The molecule has 1 unspecified atom stereocenters. The normalized spacial score (nSPS) is 11.3. The molecule has 1 atom stereocenters. The SMILES string of the molecule is CCc1ccccc1OCC(=O)NNC(=O)C(C)Oc1cccc(Br)c1. The molecule has 2 N–H and O–H groups in total. The molecule has 6 nitrogen and oxygen atoms in total. The third-order valence-electron chi connectivity index (χ3n) is 3.52. The van der Waals surface area contributed by atoms with Crippen LogP contribution >= 0.6 is 15.9 Å². The van der Waals surface area contributed by atoms with Gasteiger partial charge in [0.15, 0.2) is 12.7 Å². The minimum absolute atomic E-state index is 0.196. The Morgan fingerprint density at radius 2 is 1.88 bits per heavy atom. The molecule has 2 rings (SSSR count). The maximum atomic E-state index is 12.0. The van der Waals surface area contributed by atoms with Gasteiger partial charge in [-0.1, -0.05) is 47.1 Å². The number of rotatable bonds is 7. The third kappa shape index (κ3) is 6.07. The zero-order valence-corrected chi connectivity index (χ0v) is 16.2. The number of carbonyl (C=O) groups excluding carboxylic acids is 2. The van der Waals surface area contributed by atoms with Crippen LogP contribution in [-0.4, -0.2) is 24.5 Å². The van der Waals surface area contributed by atoms with Crippen molar-refractivity contribution in [1.29, 1.82) is 0 Å². The number of aryl methyl sites for hydroxylation is 1. The Morgan fingerprint density at radius 1 is 1.12 bits per heavy atom. The van der Waals surface area contributed by atoms with Crippen LogP contribution in [0.4, 0.5) is 0 Å². The van der Waals surface area contributed by atoms with Crippen molar-refractivity contribution < 1.29 is 19.1 Å². The van der Waals surface area contributed by atoms with E-state index in [0.29, 0.717) is 11.5 Å². The predicted octanol–water partition coefficient (Wildman–Crippen LogP) is 3.01. The molecule has 0 heterocycles. The molecule has 2 aromatic carbocycles. The van der Waals surface area contributed by atoms with Gasteiger partial charge in [-0.3, -0.25) is 20.4 Å². The van der Waals surface area contributed by atoms with Crippen LogP contribution in [0, 0.1) is 0 Å². The summed E-state index contributed by atoms with van der Waals surface area (Å²) in [5.41, 5.74) is 5.66. The summed E-state index contributed by atoms with van der Waals surface area (Å²) >= 11 is 3.33. The lowest BCUT2D eigenvalue weighted by atomic mass is 10.1. The second-order valence-corrected chi connectivity index (χ2v) is 6.42. The Morgan fingerprint density at radius 3 is 2.62 bits per heavy atom. The first-order chi connectivity index (χ1) is 12.5. The molecule has 0 spiro atoms. The van der Waals surface area contributed by atoms with Crippen LogP contribution in [-0.2, 0) is 16.0 Å². The Bertz CT molecular complexity index is 767. The number of halogens is 1. The molecule has 0 saturated carbocycles. The van der Waals surface area contributed by atoms with Gasteiger partial charge in [-0.25, -0.2) is 0 Å². The molecule has 0 aliphatic heterocycles. The summed E-state index contributed by atoms with van der Waals surface area (Å²) in [6.07, 6.45) is 0.0326. The largest absolute Gasteiger partial charge is 0.483 e. The minimum Gasteiger partial charge on any atom is -0.483 e. The summed E-state index contributed by atoms with van der Waals surface area (Å²) in [5.74, 6) is 0.280. The highest BCUT2D eigenvalue weighted by Gasteiger charge is 2.15. The summed E-state index contributed by atoms with van der Waals surface area (Å²) in [5, 5.41) is 0. The molecule has 138 valence electrons. The van der Waals surface area contributed by atoms with Crippen molar-refractivity contribution >= 4 is 27.7 Å². The number of hydrazine groups is 1. The Kier molecular flexibility index (Phi) is 7.47. The monoisotopic (exact) mass is 420 g/mol. The molecule has 0 radical (unpaired) electrons. The first-order valence-electron chi connectivity index (χ1n) is 8.21. The lowest BCUT2D eigenvalue weighted by Gasteiger charge is -2.15. The van der Waals surface area contributed by atoms with E-state index < -0.39 is 17.9 Å². The number of para-hydroxylation sites is 1. The summed E-state index contributed by atoms with van der Waals surface area (Å²) < 4.78 is 11.9. The molecular formula is C19H21BrN2O4. The average molecular weight is 421 g/mol. The topological polar surface area (TPSA) is 76.7 Å². The standard InChI is InChI=1S/C19H21BrN2O4/c1-3-14-7-4-5-10-17(14)25-12-18(23)21-22-19(24)13(2)26-16-9-6-8-15(20)11-16/h4-11,13H,3,12H2,1-2H3,(H,21,23)(H,22,24). The van der Waals surface area contributed by atoms with Crippen LogP contribution < -0.4 is 20.3 Å². The molecule has 7 heteroatoms. The lowest BCUT2D eigenvalue weighted by molar-refractivity contribution is -0.133. The maximum Gasteiger partial charge on any atom is 0.279 e. The number of carbonyl (C=O) groups is 2. The second-order valence-electron chi connectivity index (χ2n) is 5.50. The number of nitrogens with one attached hydrogen (secondary N) is 2. The van der Waals surface area contributed by atoms with Crippen molar-refractivity contribution in [3.05, 3.63) is 58.6 Å². The van der Waals surface area contributed by atoms with Gasteiger partial charge in [0.25, 0.3) is 11.8 Å². The van der Waals surface area contributed by atoms with E-state index in [4.69, 9.17) is 9.47 Å². The van der Waals surface area contributed by atoms with Gasteiger partial charge in [0.05, 0.1) is 0 Å². The van der Waals surface area contributed by atoms with Gasteiger partial charge in [0, 0.05) is 4.47 Å². The average Bonchev–Trinajstić information content (AvgIpc) is 2.64. The Hall–Kier alpha value is -2.54. The second kappa shape index (κ2) is 9.82. The summed E-state index contributed by atoms with van der Waals surface area (Å²) in [4.78, 5) is 23.9. The molecule has 2 amide bonds. The summed E-state index contributed by atoms with van der Waals surface area (Å²) in [7, 11) is 0. The van der Waals surface area contributed by atoms with Crippen molar-refractivity contribution in [2.45, 2.75) is 26.4 Å². The van der Waals surface area contributed by atoms with Crippen molar-refractivity contribution in [1.82, 2.24) is 10.9 Å². The van der Waals surface area contributed by atoms with E-state index in [0.717, 1.165) is 16.5 Å². The number of hydrogen-bond acceptors (Lipinski definition) is 4. The van der Waals surface area contributed by atoms with E-state index in [-0.39, 0.29) is 6.61 Å². The highest BCUT2D eigenvalue weighted by Crippen LogP contribution is 2.19. The summed E-state index contributed by atoms with van der Waals surface area (Å²) in [6.45, 7) is 3.41. The molecule has 2 aromatic rings. The van der Waals surface area contributed by atoms with Gasteiger partial charge < -0.3 is 9.47 Å². The lowest BCUT2D eigenvalue weighted by Crippen LogP contribution is -2.48. The maximum absolute atomic E-state index is 12.0. The van der Waals surface area contributed by atoms with Crippen LogP contribution in [0.1, 0.15) is 19.4 Å². The Balaban J connectivity index is 1.76. The van der Waals surface area contributed by atoms with E-state index in [9.17, 15) is 9.59 Å². The molecule has 0 aliphatic carbocycles. The molecule has 0 saturated heterocycles. The summed E-state index contributed by atoms with van der Waals surface area (Å²) in [6, 6.07) is 14.7. The zero-order chi connectivity index (χ0) is 18.9. The van der Waals surface area contributed by atoms with E-state index >= 15 is 0 Å². The van der Waals surface area contributed by atoms with Gasteiger partial charge in [0.1, 0.15) is 11.5 Å². The van der Waals surface area contributed by atoms with Crippen LogP contribution in [0.2, 0.25) is 0 Å². The van der Waals surface area contributed by atoms with Crippen LogP contribution in [0.5, 0.6) is 11.5 Å². The fraction of sp³-hybridized carbons (Fsp3) is 0.263. The highest BCUT2D eigenvalue weighted by molar-refractivity contribution is 9.10. The van der Waals surface area contributed by atoms with Gasteiger partial charge in [-0.15, -0.1) is 0 Å². The number of hydrogen-bond donors (Lipinski definition) is 2. The molecule has 0 aromatic heterocycles. The van der Waals surface area contributed by atoms with E-state index in [1.165, 1.54) is 0 Å². The first kappa shape index (κ1) is 19.8. The van der Waals surface area contributed by atoms with Crippen molar-refractivity contribution in [3.8, 4) is 11.5 Å². The van der Waals surface area contributed by atoms with Gasteiger partial charge in [-0.05, 0) is 43.2 Å². The number of ether oxygens (including phenoxy) is 2. The van der Waals surface area contributed by atoms with Crippen LogP contribution in [0.15, 0.2) is 53.0 Å². The van der Waals surface area contributed by atoms with Crippen LogP contribution in [0.25, 0.3) is 0 Å². The third-order valence-corrected chi connectivity index (χ3v) is 4.01. The van der Waals surface area contributed by atoms with Crippen molar-refractivity contribution in [3.63, 3.8) is 0 Å². The van der Waals surface area contributed by atoms with Gasteiger partial charge in [0.2, 0.25) is 0 Å². The first-order valence-corrected chi connectivity index (χ1v) is 9.00. The van der Waals surface area contributed by atoms with E-state index in [1.807, 2.05) is 31.2 Å². The minimum atomic E-state index is -0.772. The predicted molar refractivity (Wildman–Crippen MR) is 102 cm³/mol. The van der Waals surface area contributed by atoms with Gasteiger partial charge in [-0.2, -0.15) is 0 Å².